The number of ether oxygens (including phenoxy) is 3. The standard InChI is InChI=1S/C35H35F2N7O5/c1-3-23-25(36)6-5-21-15-27(46)40-31(28(21)23)32-29(37)30-24(16-38-32)33(44-11-14-48-18-22(17-44)39-26(45)4-2)42-34(41-30)49-20-35(7-8-35)19-43-9-12-47-13-10-43/h1,4-6,15-16,22H,2,7-14,17-20H2,(H,39,45)(H,40,46)/t22-/m1/s1. The lowest BCUT2D eigenvalue weighted by atomic mass is 10.0. The molecule has 0 radical (unpaired) electrons. The number of nitrogens with one attached hydrogen (secondary N) is 2. The van der Waals surface area contributed by atoms with E-state index < -0.39 is 23.2 Å². The van der Waals surface area contributed by atoms with Gasteiger partial charge in [-0.05, 0) is 30.4 Å². The number of aromatic nitrogens is 4. The number of amides is 1. The van der Waals surface area contributed by atoms with E-state index in [4.69, 9.17) is 25.6 Å². The molecule has 2 N–H and O–H groups in total. The van der Waals surface area contributed by atoms with Gasteiger partial charge in [-0.1, -0.05) is 18.6 Å². The van der Waals surface area contributed by atoms with Gasteiger partial charge in [0, 0.05) is 55.8 Å². The Balaban J connectivity index is 1.32. The molecule has 1 amide bonds. The van der Waals surface area contributed by atoms with E-state index in [0.717, 1.165) is 38.5 Å². The number of pyridine rings is 2. The van der Waals surface area contributed by atoms with Gasteiger partial charge in [0.2, 0.25) is 11.5 Å². The van der Waals surface area contributed by atoms with E-state index in [-0.39, 0.29) is 63.7 Å². The predicted octanol–water partition coefficient (Wildman–Crippen LogP) is 2.79. The van der Waals surface area contributed by atoms with Gasteiger partial charge in [0.25, 0.3) is 0 Å². The van der Waals surface area contributed by atoms with Crippen molar-refractivity contribution in [3.8, 4) is 29.7 Å². The summed E-state index contributed by atoms with van der Waals surface area (Å²) in [6.45, 7) is 9.01. The van der Waals surface area contributed by atoms with E-state index in [2.05, 4.69) is 37.7 Å². The molecule has 1 atom stereocenters. The highest BCUT2D eigenvalue weighted by atomic mass is 19.1. The number of anilines is 1. The quantitative estimate of drug-likeness (QED) is 0.202. The van der Waals surface area contributed by atoms with Crippen molar-refractivity contribution >= 4 is 33.4 Å². The largest absolute Gasteiger partial charge is 0.463 e. The summed E-state index contributed by atoms with van der Waals surface area (Å²) in [6.07, 6.45) is 10.2. The molecule has 5 heterocycles. The Morgan fingerprint density at radius 1 is 1.20 bits per heavy atom. The molecule has 14 heteroatoms. The summed E-state index contributed by atoms with van der Waals surface area (Å²) in [4.78, 5) is 45.4. The van der Waals surface area contributed by atoms with Crippen LogP contribution in [0.4, 0.5) is 14.6 Å². The third-order valence-corrected chi connectivity index (χ3v) is 9.22. The summed E-state index contributed by atoms with van der Waals surface area (Å²) in [6, 6.07) is 3.38. The minimum Gasteiger partial charge on any atom is -0.463 e. The molecule has 2 saturated heterocycles. The fourth-order valence-corrected chi connectivity index (χ4v) is 6.49. The van der Waals surface area contributed by atoms with E-state index >= 15 is 4.39 Å². The van der Waals surface area contributed by atoms with Crippen LogP contribution < -0.4 is 20.5 Å². The fourth-order valence-electron chi connectivity index (χ4n) is 6.49. The number of rotatable bonds is 9. The predicted molar refractivity (Wildman–Crippen MR) is 178 cm³/mol. The van der Waals surface area contributed by atoms with Crippen molar-refractivity contribution in [1.82, 2.24) is 30.2 Å². The first kappa shape index (κ1) is 32.6. The second kappa shape index (κ2) is 13.5. The first-order valence-electron chi connectivity index (χ1n) is 16.1. The molecule has 7 rings (SSSR count). The van der Waals surface area contributed by atoms with Gasteiger partial charge in [-0.15, -0.1) is 6.42 Å². The highest BCUT2D eigenvalue weighted by Gasteiger charge is 2.45. The Morgan fingerprint density at radius 3 is 2.76 bits per heavy atom. The monoisotopic (exact) mass is 671 g/mol. The molecule has 254 valence electrons. The molecule has 3 fully saturated rings. The highest BCUT2D eigenvalue weighted by Crippen LogP contribution is 2.46. The number of halogens is 2. The summed E-state index contributed by atoms with van der Waals surface area (Å²) in [5, 5.41) is 3.60. The minimum atomic E-state index is -0.876. The number of hydrogen-bond donors (Lipinski definition) is 2. The van der Waals surface area contributed by atoms with Crippen molar-refractivity contribution in [1.29, 1.82) is 0 Å². The van der Waals surface area contributed by atoms with Crippen LogP contribution in [0.3, 0.4) is 0 Å². The molecule has 2 aliphatic heterocycles. The fraction of sp³-hybridized carbons (Fsp3) is 0.400. The van der Waals surface area contributed by atoms with Gasteiger partial charge < -0.3 is 29.4 Å². The Hall–Kier alpha value is -4.97. The molecule has 0 unspecified atom stereocenters. The Bertz CT molecular complexity index is 2040. The second-order valence-corrected chi connectivity index (χ2v) is 12.7. The van der Waals surface area contributed by atoms with Crippen LogP contribution in [0.1, 0.15) is 18.4 Å². The maximum Gasteiger partial charge on any atom is 0.319 e. The number of carbonyl (C=O) groups is 1. The molecule has 1 aliphatic carbocycles. The third-order valence-electron chi connectivity index (χ3n) is 9.22. The van der Waals surface area contributed by atoms with Crippen molar-refractivity contribution in [2.45, 2.75) is 18.9 Å². The van der Waals surface area contributed by atoms with Crippen LogP contribution in [-0.4, -0.2) is 103 Å². The normalized spacial score (nSPS) is 19.3. The molecule has 3 aromatic heterocycles. The Kier molecular flexibility index (Phi) is 8.98. The van der Waals surface area contributed by atoms with E-state index in [0.29, 0.717) is 44.2 Å². The number of morpholine rings is 1. The van der Waals surface area contributed by atoms with Gasteiger partial charge in [0.05, 0.1) is 55.7 Å². The van der Waals surface area contributed by atoms with Crippen molar-refractivity contribution < 1.29 is 27.8 Å². The van der Waals surface area contributed by atoms with Gasteiger partial charge >= 0.3 is 6.01 Å². The SMILES string of the molecule is C#Cc1c(F)ccc2cc(=O)[nH]c(-c3ncc4c(N5CCOC[C@H](NC(=O)C=C)C5)nc(OCC5(CN6CCOCC6)CC5)nc4c3F)c12. The summed E-state index contributed by atoms with van der Waals surface area (Å²) in [7, 11) is 0. The van der Waals surface area contributed by atoms with Gasteiger partial charge in [-0.3, -0.25) is 19.5 Å². The molecule has 0 bridgehead atoms. The maximum atomic E-state index is 16.8. The highest BCUT2D eigenvalue weighted by molar-refractivity contribution is 6.00. The number of benzene rings is 1. The summed E-state index contributed by atoms with van der Waals surface area (Å²) >= 11 is 0. The van der Waals surface area contributed by atoms with Crippen LogP contribution in [0.5, 0.6) is 6.01 Å². The topological polar surface area (TPSA) is 135 Å². The van der Waals surface area contributed by atoms with Crippen LogP contribution in [-0.2, 0) is 14.3 Å². The average molecular weight is 672 g/mol. The number of aromatic amines is 1. The van der Waals surface area contributed by atoms with E-state index in [1.54, 1.807) is 0 Å². The van der Waals surface area contributed by atoms with Crippen molar-refractivity contribution in [3.63, 3.8) is 0 Å². The van der Waals surface area contributed by atoms with Gasteiger partial charge in [0.1, 0.15) is 22.8 Å². The number of H-pyrrole nitrogens is 1. The van der Waals surface area contributed by atoms with E-state index in [1.165, 1.54) is 24.4 Å². The smallest absolute Gasteiger partial charge is 0.319 e. The molecule has 0 spiro atoms. The molecule has 4 aromatic rings. The summed E-state index contributed by atoms with van der Waals surface area (Å²) in [5.41, 5.74) is -1.21. The van der Waals surface area contributed by atoms with Crippen molar-refractivity contribution in [2.24, 2.45) is 5.41 Å². The minimum absolute atomic E-state index is 0.0367. The molecule has 3 aliphatic rings. The van der Waals surface area contributed by atoms with E-state index in [9.17, 15) is 14.0 Å². The molecule has 1 aromatic carbocycles. The first-order valence-corrected chi connectivity index (χ1v) is 16.1. The van der Waals surface area contributed by atoms with Crippen molar-refractivity contribution in [2.75, 3.05) is 70.7 Å². The van der Waals surface area contributed by atoms with Gasteiger partial charge in [-0.25, -0.2) is 8.78 Å². The van der Waals surface area contributed by atoms with Gasteiger partial charge in [0.15, 0.2) is 5.82 Å². The summed E-state index contributed by atoms with van der Waals surface area (Å²) in [5.74, 6) is 0.727. The molecular weight excluding hydrogens is 636 g/mol. The van der Waals surface area contributed by atoms with Crippen molar-refractivity contribution in [3.05, 3.63) is 64.6 Å². The van der Waals surface area contributed by atoms with Crippen LogP contribution in [0, 0.1) is 29.4 Å². The van der Waals surface area contributed by atoms with Gasteiger partial charge in [-0.2, -0.15) is 9.97 Å². The average Bonchev–Trinajstić information content (AvgIpc) is 3.91. The molecular formula is C35H35F2N7O5. The number of nitrogens with zero attached hydrogens (tertiary/aromatic N) is 5. The zero-order valence-electron chi connectivity index (χ0n) is 26.8. The van der Waals surface area contributed by atoms with E-state index in [1.807, 2.05) is 4.90 Å². The lowest BCUT2D eigenvalue weighted by molar-refractivity contribution is -0.117. The first-order chi connectivity index (χ1) is 23.8. The second-order valence-electron chi connectivity index (χ2n) is 12.7. The van der Waals surface area contributed by atoms with Crippen LogP contribution >= 0.6 is 0 Å². The third kappa shape index (κ3) is 6.69. The number of hydrogen-bond acceptors (Lipinski definition) is 10. The number of terminal acetylenes is 1. The maximum absolute atomic E-state index is 16.8. The number of carbonyl (C=O) groups excluding carboxylic acids is 1. The zero-order valence-corrected chi connectivity index (χ0v) is 26.8. The lowest BCUT2D eigenvalue weighted by Crippen LogP contribution is -2.44. The lowest BCUT2D eigenvalue weighted by Gasteiger charge is -2.30. The molecule has 49 heavy (non-hydrogen) atoms. The van der Waals surface area contributed by atoms with Crippen LogP contribution in [0.2, 0.25) is 0 Å². The Labute approximate surface area is 280 Å². The summed E-state index contributed by atoms with van der Waals surface area (Å²) < 4.78 is 49.2. The molecule has 12 nitrogen and oxygen atoms in total. The van der Waals surface area contributed by atoms with Crippen LogP contribution in [0.15, 0.2) is 41.8 Å². The number of fused-ring (bicyclic) bond motifs is 2. The Morgan fingerprint density at radius 2 is 2.00 bits per heavy atom. The molecule has 1 saturated carbocycles. The zero-order chi connectivity index (χ0) is 34.1. The van der Waals surface area contributed by atoms with Crippen LogP contribution in [0.25, 0.3) is 33.1 Å².